The number of benzene rings is 2. The fourth-order valence-corrected chi connectivity index (χ4v) is 4.73. The predicted molar refractivity (Wildman–Crippen MR) is 138 cm³/mol. The summed E-state index contributed by atoms with van der Waals surface area (Å²) in [4.78, 5) is 27.7. The summed E-state index contributed by atoms with van der Waals surface area (Å²) in [6.07, 6.45) is 1.06. The van der Waals surface area contributed by atoms with Crippen LogP contribution in [0.4, 0.5) is 0 Å². The number of phenolic OH excluding ortho intramolecular Hbond substituents is 1. The van der Waals surface area contributed by atoms with Crippen molar-refractivity contribution in [3.8, 4) is 5.75 Å². The number of nitrogens with zero attached hydrogens (tertiary/aromatic N) is 1. The first-order valence-electron chi connectivity index (χ1n) is 12.1. The van der Waals surface area contributed by atoms with E-state index < -0.39 is 12.0 Å². The third kappa shape index (κ3) is 5.75. The van der Waals surface area contributed by atoms with Gasteiger partial charge in [0.25, 0.3) is 0 Å². The minimum Gasteiger partial charge on any atom is -0.507 e. The second-order valence-corrected chi connectivity index (χ2v) is 11.5. The highest BCUT2D eigenvalue weighted by molar-refractivity contribution is 6.02. The van der Waals surface area contributed by atoms with Gasteiger partial charge in [0.05, 0.1) is 13.7 Å². The Morgan fingerprint density at radius 2 is 1.57 bits per heavy atom. The molecule has 1 heterocycles. The molecule has 1 fully saturated rings. The van der Waals surface area contributed by atoms with Crippen LogP contribution in [0.1, 0.15) is 75.0 Å². The third-order valence-corrected chi connectivity index (χ3v) is 6.74. The molecule has 0 aromatic heterocycles. The van der Waals surface area contributed by atoms with Crippen molar-refractivity contribution in [2.24, 2.45) is 5.92 Å². The summed E-state index contributed by atoms with van der Waals surface area (Å²) in [7, 11) is 1.33. The smallest absolute Gasteiger partial charge is 0.328 e. The van der Waals surface area contributed by atoms with E-state index in [2.05, 4.69) is 0 Å². The average Bonchev–Trinajstić information content (AvgIpc) is 3.07. The highest BCUT2D eigenvalue weighted by Gasteiger charge is 2.42. The fraction of sp³-hybridized carbons (Fsp3) is 0.483. The van der Waals surface area contributed by atoms with Gasteiger partial charge < -0.3 is 14.7 Å². The predicted octanol–water partition coefficient (Wildman–Crippen LogP) is 5.25. The van der Waals surface area contributed by atoms with Crippen LogP contribution in [0.2, 0.25) is 0 Å². The van der Waals surface area contributed by atoms with Crippen molar-refractivity contribution in [1.82, 2.24) is 4.90 Å². The zero-order chi connectivity index (χ0) is 26.1. The molecule has 2 N–H and O–H groups in total. The van der Waals surface area contributed by atoms with Crippen molar-refractivity contribution in [3.63, 3.8) is 0 Å². The number of hydrogen-bond acceptors (Lipinski definition) is 5. The maximum atomic E-state index is 13.6. The van der Waals surface area contributed by atoms with E-state index in [-0.39, 0.29) is 40.7 Å². The van der Waals surface area contributed by atoms with E-state index in [9.17, 15) is 14.7 Å². The molecule has 0 amide bonds. The van der Waals surface area contributed by atoms with Gasteiger partial charge in [0.2, 0.25) is 0 Å². The Morgan fingerprint density at radius 3 is 2.06 bits per heavy atom. The lowest BCUT2D eigenvalue weighted by molar-refractivity contribution is -0.145. The Balaban J connectivity index is 1.94. The van der Waals surface area contributed by atoms with E-state index in [1.165, 1.54) is 7.11 Å². The number of ketones is 1. The largest absolute Gasteiger partial charge is 0.507 e. The van der Waals surface area contributed by atoms with Crippen LogP contribution in [0, 0.1) is 11.3 Å². The first kappa shape index (κ1) is 26.5. The number of phenols is 1. The topological polar surface area (TPSA) is 90.7 Å². The van der Waals surface area contributed by atoms with Crippen molar-refractivity contribution in [2.45, 2.75) is 71.3 Å². The van der Waals surface area contributed by atoms with E-state index in [1.54, 1.807) is 17.0 Å². The zero-order valence-corrected chi connectivity index (χ0v) is 21.9. The monoisotopic (exact) mass is 478 g/mol. The molecular formula is C29H38N2O4. The molecule has 6 nitrogen and oxygen atoms in total. The first-order chi connectivity index (χ1) is 16.2. The number of carbonyl (C=O) groups is 2. The molecule has 0 saturated carbocycles. The minimum atomic E-state index is -0.675. The molecule has 3 rings (SSSR count). The van der Waals surface area contributed by atoms with Crippen molar-refractivity contribution in [3.05, 3.63) is 64.7 Å². The number of aromatic hydroxyl groups is 1. The molecular weight excluding hydrogens is 440 g/mol. The van der Waals surface area contributed by atoms with Gasteiger partial charge in [-0.05, 0) is 41.4 Å². The maximum absolute atomic E-state index is 13.6. The molecule has 2 aromatic carbocycles. The van der Waals surface area contributed by atoms with Crippen molar-refractivity contribution < 1.29 is 19.4 Å². The van der Waals surface area contributed by atoms with Crippen LogP contribution < -0.4 is 0 Å². The van der Waals surface area contributed by atoms with Gasteiger partial charge in [-0.2, -0.15) is 0 Å². The summed E-state index contributed by atoms with van der Waals surface area (Å²) in [5.74, 6) is -0.312. The zero-order valence-electron chi connectivity index (χ0n) is 21.9. The SMILES string of the molecule is COC(=O)C1CC(Cc2ccccc2)C(=N)N1CC(=O)c1cc(C(C)(C)C)c(O)c(C(C)(C)C)c1. The van der Waals surface area contributed by atoms with E-state index in [0.29, 0.717) is 29.5 Å². The fourth-order valence-electron chi connectivity index (χ4n) is 4.73. The van der Waals surface area contributed by atoms with Gasteiger partial charge in [-0.15, -0.1) is 0 Å². The molecule has 2 atom stereocenters. The van der Waals surface area contributed by atoms with Crippen LogP contribution in [0.25, 0.3) is 0 Å². The van der Waals surface area contributed by atoms with Gasteiger partial charge in [0.1, 0.15) is 17.6 Å². The highest BCUT2D eigenvalue weighted by Crippen LogP contribution is 2.40. The summed E-state index contributed by atoms with van der Waals surface area (Å²) < 4.78 is 5.02. The van der Waals surface area contributed by atoms with Crippen molar-refractivity contribution in [1.29, 1.82) is 5.41 Å². The van der Waals surface area contributed by atoms with Crippen LogP contribution >= 0.6 is 0 Å². The summed E-state index contributed by atoms with van der Waals surface area (Å²) in [5.41, 5.74) is 2.24. The van der Waals surface area contributed by atoms with Crippen molar-refractivity contribution in [2.75, 3.05) is 13.7 Å². The molecule has 1 aliphatic heterocycles. The Morgan fingerprint density at radius 1 is 1.03 bits per heavy atom. The number of Topliss-reactive ketones (excluding diaryl/α,β-unsaturated/α-hetero) is 1. The molecule has 0 spiro atoms. The molecule has 2 unspecified atom stereocenters. The van der Waals surface area contributed by atoms with Gasteiger partial charge in [-0.3, -0.25) is 10.2 Å². The van der Waals surface area contributed by atoms with Gasteiger partial charge in [0, 0.05) is 22.6 Å². The number of esters is 1. The number of amidine groups is 1. The Labute approximate surface area is 208 Å². The number of ether oxygens (including phenoxy) is 1. The molecule has 2 aromatic rings. The molecule has 0 aliphatic carbocycles. The lowest BCUT2D eigenvalue weighted by atomic mass is 9.78. The quantitative estimate of drug-likeness (QED) is 0.437. The summed E-state index contributed by atoms with van der Waals surface area (Å²) >= 11 is 0. The van der Waals surface area contributed by atoms with Crippen molar-refractivity contribution >= 4 is 17.6 Å². The Bertz CT molecular complexity index is 1070. The number of rotatable bonds is 6. The van der Waals surface area contributed by atoms with Crippen LogP contribution in [0.5, 0.6) is 5.75 Å². The summed E-state index contributed by atoms with van der Waals surface area (Å²) in [6, 6.07) is 12.7. The molecule has 0 radical (unpaired) electrons. The second kappa shape index (κ2) is 9.84. The van der Waals surface area contributed by atoms with Gasteiger partial charge in [0.15, 0.2) is 5.78 Å². The number of methoxy groups -OCH3 is 1. The molecule has 0 bridgehead atoms. The normalized spacial score (nSPS) is 18.6. The van der Waals surface area contributed by atoms with Crippen LogP contribution in [0.15, 0.2) is 42.5 Å². The van der Waals surface area contributed by atoms with Gasteiger partial charge in [-0.1, -0.05) is 71.9 Å². The first-order valence-corrected chi connectivity index (χ1v) is 12.1. The Hall–Kier alpha value is -3.15. The van der Waals surface area contributed by atoms with E-state index >= 15 is 0 Å². The van der Waals surface area contributed by atoms with E-state index in [4.69, 9.17) is 10.1 Å². The van der Waals surface area contributed by atoms with Gasteiger partial charge >= 0.3 is 5.97 Å². The van der Waals surface area contributed by atoms with E-state index in [0.717, 1.165) is 5.56 Å². The summed E-state index contributed by atoms with van der Waals surface area (Å²) in [6.45, 7) is 11.9. The number of nitrogens with one attached hydrogen (secondary N) is 1. The number of hydrogen-bond donors (Lipinski definition) is 2. The molecule has 35 heavy (non-hydrogen) atoms. The van der Waals surface area contributed by atoms with Crippen LogP contribution in [-0.4, -0.2) is 47.3 Å². The van der Waals surface area contributed by atoms with Gasteiger partial charge in [-0.25, -0.2) is 4.79 Å². The van der Waals surface area contributed by atoms with Crippen LogP contribution in [-0.2, 0) is 26.8 Å². The summed E-state index contributed by atoms with van der Waals surface area (Å²) in [5, 5.41) is 19.8. The average molecular weight is 479 g/mol. The standard InChI is InChI=1S/C29H38N2O4/c1-28(2,3)21-14-19(15-22(25(21)33)29(4,5)6)24(32)17-31-23(27(34)35-7)16-20(26(31)30)13-18-11-9-8-10-12-18/h8-12,14-15,20,23,30,33H,13,16-17H2,1-7H3. The maximum Gasteiger partial charge on any atom is 0.328 e. The van der Waals surface area contributed by atoms with E-state index in [1.807, 2.05) is 71.9 Å². The van der Waals surface area contributed by atoms with Crippen LogP contribution in [0.3, 0.4) is 0 Å². The highest BCUT2D eigenvalue weighted by atomic mass is 16.5. The lowest BCUT2D eigenvalue weighted by Gasteiger charge is -2.29. The minimum absolute atomic E-state index is 0.0954. The lowest BCUT2D eigenvalue weighted by Crippen LogP contribution is -2.42. The molecule has 1 aliphatic rings. The third-order valence-electron chi connectivity index (χ3n) is 6.74. The molecule has 6 heteroatoms. The second-order valence-electron chi connectivity index (χ2n) is 11.5. The molecule has 1 saturated heterocycles. The molecule has 188 valence electrons. The Kier molecular flexibility index (Phi) is 7.44. The number of carbonyl (C=O) groups excluding carboxylic acids is 2. The number of likely N-dealkylation sites (tertiary alicyclic amines) is 1.